The normalized spacial score (nSPS) is 12.4. The zero-order chi connectivity index (χ0) is 12.5. The van der Waals surface area contributed by atoms with Crippen molar-refractivity contribution in [3.05, 3.63) is 29.8 Å². The lowest BCUT2D eigenvalue weighted by Crippen LogP contribution is -2.19. The zero-order valence-corrected chi connectivity index (χ0v) is 10.8. The van der Waals surface area contributed by atoms with Crippen molar-refractivity contribution in [1.29, 1.82) is 0 Å². The molecular weight excluding hydrogens is 214 g/mol. The quantitative estimate of drug-likeness (QED) is 0.706. The third kappa shape index (κ3) is 5.20. The molecule has 1 rings (SSSR count). The van der Waals surface area contributed by atoms with Crippen LogP contribution in [0.5, 0.6) is 5.75 Å². The molecule has 0 heterocycles. The van der Waals surface area contributed by atoms with Crippen LogP contribution in [0.1, 0.15) is 25.3 Å². The summed E-state index contributed by atoms with van der Waals surface area (Å²) in [6.07, 6.45) is 2.99. The fourth-order valence-electron chi connectivity index (χ4n) is 1.63. The van der Waals surface area contributed by atoms with Gasteiger partial charge in [-0.25, -0.2) is 0 Å². The second-order valence-electron chi connectivity index (χ2n) is 4.16. The first-order valence-electron chi connectivity index (χ1n) is 6.23. The van der Waals surface area contributed by atoms with E-state index in [0.29, 0.717) is 13.2 Å². The average Bonchev–Trinajstić information content (AvgIpc) is 2.37. The van der Waals surface area contributed by atoms with Gasteiger partial charge >= 0.3 is 0 Å². The highest BCUT2D eigenvalue weighted by Gasteiger charge is 2.05. The Kier molecular flexibility index (Phi) is 6.67. The monoisotopic (exact) mass is 237 g/mol. The number of hydrogen-bond acceptors (Lipinski definition) is 3. The van der Waals surface area contributed by atoms with E-state index in [1.54, 1.807) is 7.11 Å². The van der Waals surface area contributed by atoms with Crippen molar-refractivity contribution in [3.63, 3.8) is 0 Å². The minimum Gasteiger partial charge on any atom is -0.491 e. The lowest BCUT2D eigenvalue weighted by Gasteiger charge is -2.13. The van der Waals surface area contributed by atoms with E-state index in [9.17, 15) is 0 Å². The summed E-state index contributed by atoms with van der Waals surface area (Å²) in [6, 6.07) is 8.41. The molecule has 0 saturated carbocycles. The van der Waals surface area contributed by atoms with Crippen LogP contribution in [0.25, 0.3) is 0 Å². The van der Waals surface area contributed by atoms with Gasteiger partial charge in [0.2, 0.25) is 0 Å². The van der Waals surface area contributed by atoms with Crippen molar-refractivity contribution in [3.8, 4) is 5.75 Å². The molecule has 0 fully saturated rings. The Labute approximate surface area is 104 Å². The summed E-state index contributed by atoms with van der Waals surface area (Å²) in [6.45, 7) is 3.32. The SMILES string of the molecule is CCC(N)CCc1ccccc1OCCOC. The molecule has 3 heteroatoms. The number of para-hydroxylation sites is 1. The molecule has 96 valence electrons. The fourth-order valence-corrected chi connectivity index (χ4v) is 1.63. The molecule has 0 aliphatic heterocycles. The Balaban J connectivity index is 2.51. The molecule has 0 bridgehead atoms. The van der Waals surface area contributed by atoms with E-state index >= 15 is 0 Å². The van der Waals surface area contributed by atoms with Crippen molar-refractivity contribution >= 4 is 0 Å². The maximum absolute atomic E-state index is 5.93. The molecule has 3 nitrogen and oxygen atoms in total. The van der Waals surface area contributed by atoms with E-state index in [1.807, 2.05) is 18.2 Å². The summed E-state index contributed by atoms with van der Waals surface area (Å²) in [5.41, 5.74) is 7.16. The van der Waals surface area contributed by atoms with Gasteiger partial charge in [-0.3, -0.25) is 0 Å². The maximum Gasteiger partial charge on any atom is 0.122 e. The van der Waals surface area contributed by atoms with Crippen LogP contribution in [0.3, 0.4) is 0 Å². The van der Waals surface area contributed by atoms with Crippen LogP contribution in [0.4, 0.5) is 0 Å². The Hall–Kier alpha value is -1.06. The van der Waals surface area contributed by atoms with Gasteiger partial charge in [0.1, 0.15) is 12.4 Å². The maximum atomic E-state index is 5.93. The Morgan fingerprint density at radius 1 is 1.24 bits per heavy atom. The van der Waals surface area contributed by atoms with Gasteiger partial charge in [-0.05, 0) is 30.9 Å². The standard InChI is InChI=1S/C14H23NO2/c1-3-13(15)9-8-12-6-4-5-7-14(12)17-11-10-16-2/h4-7,13H,3,8-11,15H2,1-2H3. The molecule has 17 heavy (non-hydrogen) atoms. The lowest BCUT2D eigenvalue weighted by atomic mass is 10.0. The minimum atomic E-state index is 0.280. The van der Waals surface area contributed by atoms with Crippen LogP contribution in [0.15, 0.2) is 24.3 Å². The molecule has 1 aromatic rings. The molecule has 0 aromatic heterocycles. The molecule has 0 amide bonds. The van der Waals surface area contributed by atoms with E-state index < -0.39 is 0 Å². The summed E-state index contributed by atoms with van der Waals surface area (Å²) in [4.78, 5) is 0. The van der Waals surface area contributed by atoms with Gasteiger partial charge in [0.15, 0.2) is 0 Å². The van der Waals surface area contributed by atoms with E-state index in [1.165, 1.54) is 5.56 Å². The molecule has 2 N–H and O–H groups in total. The number of benzene rings is 1. The van der Waals surface area contributed by atoms with Crippen molar-refractivity contribution < 1.29 is 9.47 Å². The third-order valence-electron chi connectivity index (χ3n) is 2.83. The molecule has 0 radical (unpaired) electrons. The Bertz CT molecular complexity index is 315. The second kappa shape index (κ2) is 8.09. The third-order valence-corrected chi connectivity index (χ3v) is 2.83. The number of methoxy groups -OCH3 is 1. The molecule has 1 unspecified atom stereocenters. The zero-order valence-electron chi connectivity index (χ0n) is 10.8. The highest BCUT2D eigenvalue weighted by molar-refractivity contribution is 5.33. The number of rotatable bonds is 8. The van der Waals surface area contributed by atoms with E-state index in [0.717, 1.165) is 25.0 Å². The summed E-state index contributed by atoms with van der Waals surface area (Å²) in [7, 11) is 1.68. The largest absolute Gasteiger partial charge is 0.491 e. The van der Waals surface area contributed by atoms with Crippen molar-refractivity contribution in [1.82, 2.24) is 0 Å². The van der Waals surface area contributed by atoms with Gasteiger partial charge in [-0.2, -0.15) is 0 Å². The van der Waals surface area contributed by atoms with E-state index in [2.05, 4.69) is 13.0 Å². The lowest BCUT2D eigenvalue weighted by molar-refractivity contribution is 0.145. The first-order chi connectivity index (χ1) is 8.27. The highest BCUT2D eigenvalue weighted by Crippen LogP contribution is 2.20. The average molecular weight is 237 g/mol. The molecule has 0 aliphatic rings. The van der Waals surface area contributed by atoms with Crippen LogP contribution in [0.2, 0.25) is 0 Å². The van der Waals surface area contributed by atoms with Gasteiger partial charge in [0, 0.05) is 13.2 Å². The highest BCUT2D eigenvalue weighted by atomic mass is 16.5. The molecule has 1 atom stereocenters. The number of ether oxygens (including phenoxy) is 2. The molecular formula is C14H23NO2. The Morgan fingerprint density at radius 3 is 2.71 bits per heavy atom. The number of aryl methyl sites for hydroxylation is 1. The first-order valence-corrected chi connectivity index (χ1v) is 6.23. The van der Waals surface area contributed by atoms with Crippen LogP contribution >= 0.6 is 0 Å². The second-order valence-corrected chi connectivity index (χ2v) is 4.16. The van der Waals surface area contributed by atoms with Crippen LogP contribution in [0, 0.1) is 0 Å². The van der Waals surface area contributed by atoms with E-state index in [-0.39, 0.29) is 6.04 Å². The van der Waals surface area contributed by atoms with Gasteiger partial charge in [0.05, 0.1) is 6.61 Å². The summed E-state index contributed by atoms with van der Waals surface area (Å²) >= 11 is 0. The van der Waals surface area contributed by atoms with Gasteiger partial charge < -0.3 is 15.2 Å². The van der Waals surface area contributed by atoms with Crippen LogP contribution in [-0.4, -0.2) is 26.4 Å². The Morgan fingerprint density at radius 2 is 2.00 bits per heavy atom. The predicted octanol–water partition coefficient (Wildman–Crippen LogP) is 2.38. The van der Waals surface area contributed by atoms with Crippen molar-refractivity contribution in [2.75, 3.05) is 20.3 Å². The van der Waals surface area contributed by atoms with Gasteiger partial charge in [-0.1, -0.05) is 25.1 Å². The van der Waals surface area contributed by atoms with E-state index in [4.69, 9.17) is 15.2 Å². The van der Waals surface area contributed by atoms with Gasteiger partial charge in [-0.15, -0.1) is 0 Å². The van der Waals surface area contributed by atoms with Crippen molar-refractivity contribution in [2.24, 2.45) is 5.73 Å². The van der Waals surface area contributed by atoms with Crippen LogP contribution < -0.4 is 10.5 Å². The summed E-state index contributed by atoms with van der Waals surface area (Å²) < 4.78 is 10.7. The molecule has 0 spiro atoms. The minimum absolute atomic E-state index is 0.280. The molecule has 1 aromatic carbocycles. The smallest absolute Gasteiger partial charge is 0.122 e. The topological polar surface area (TPSA) is 44.5 Å². The summed E-state index contributed by atoms with van der Waals surface area (Å²) in [5.74, 6) is 0.952. The number of hydrogen-bond donors (Lipinski definition) is 1. The number of nitrogens with two attached hydrogens (primary N) is 1. The van der Waals surface area contributed by atoms with Gasteiger partial charge in [0.25, 0.3) is 0 Å². The van der Waals surface area contributed by atoms with Crippen LogP contribution in [-0.2, 0) is 11.2 Å². The molecule has 0 saturated heterocycles. The molecule has 0 aliphatic carbocycles. The fraction of sp³-hybridized carbons (Fsp3) is 0.571. The van der Waals surface area contributed by atoms with Crippen molar-refractivity contribution in [2.45, 2.75) is 32.2 Å². The predicted molar refractivity (Wildman–Crippen MR) is 70.4 cm³/mol. The summed E-state index contributed by atoms with van der Waals surface area (Å²) in [5, 5.41) is 0. The first kappa shape index (κ1) is 14.0.